The second-order valence-corrected chi connectivity index (χ2v) is 6.87. The molecule has 27 heavy (non-hydrogen) atoms. The lowest BCUT2D eigenvalue weighted by atomic mass is 10.0. The first-order chi connectivity index (χ1) is 13.2. The van der Waals surface area contributed by atoms with Crippen molar-refractivity contribution in [3.8, 4) is 5.75 Å². The Labute approximate surface area is 157 Å². The van der Waals surface area contributed by atoms with E-state index in [1.165, 1.54) is 38.1 Å². The van der Waals surface area contributed by atoms with E-state index in [1.54, 1.807) is 12.3 Å². The highest BCUT2D eigenvalue weighted by molar-refractivity contribution is 6.12. The van der Waals surface area contributed by atoms with Gasteiger partial charge in [-0.3, -0.25) is 14.7 Å². The van der Waals surface area contributed by atoms with Gasteiger partial charge in [0.05, 0.1) is 5.69 Å². The molecule has 0 aromatic heterocycles. The Kier molecular flexibility index (Phi) is 5.16. The van der Waals surface area contributed by atoms with Gasteiger partial charge in [-0.05, 0) is 74.0 Å². The summed E-state index contributed by atoms with van der Waals surface area (Å²) in [5, 5.41) is 2.75. The number of halogens is 1. The molecule has 6 heteroatoms. The number of hydrogen-bond donors (Lipinski definition) is 1. The molecule has 0 spiro atoms. The Balaban J connectivity index is 1.35. The zero-order valence-corrected chi connectivity index (χ0v) is 15.0. The van der Waals surface area contributed by atoms with Crippen molar-refractivity contribution in [2.24, 2.45) is 4.99 Å². The molecule has 2 heterocycles. The number of nitrogens with one attached hydrogen (secondary N) is 1. The van der Waals surface area contributed by atoms with Gasteiger partial charge in [-0.25, -0.2) is 4.39 Å². The van der Waals surface area contributed by atoms with Gasteiger partial charge in [0.2, 0.25) is 5.91 Å². The molecule has 1 fully saturated rings. The van der Waals surface area contributed by atoms with Crippen molar-refractivity contribution in [1.29, 1.82) is 0 Å². The Morgan fingerprint density at radius 3 is 2.74 bits per heavy atom. The quantitative estimate of drug-likeness (QED) is 0.792. The van der Waals surface area contributed by atoms with E-state index in [0.717, 1.165) is 18.0 Å². The molecule has 0 bridgehead atoms. The predicted octanol–water partition coefficient (Wildman–Crippen LogP) is 3.74. The molecule has 0 saturated carbocycles. The molecule has 0 radical (unpaired) electrons. The van der Waals surface area contributed by atoms with Gasteiger partial charge in [-0.1, -0.05) is 0 Å². The van der Waals surface area contributed by atoms with E-state index in [4.69, 9.17) is 4.74 Å². The lowest BCUT2D eigenvalue weighted by Gasteiger charge is -2.14. The van der Waals surface area contributed by atoms with Gasteiger partial charge in [0, 0.05) is 18.4 Å². The summed E-state index contributed by atoms with van der Waals surface area (Å²) in [6, 6.07) is 11.7. The summed E-state index contributed by atoms with van der Waals surface area (Å²) in [6.07, 6.45) is 4.12. The van der Waals surface area contributed by atoms with Crippen LogP contribution in [-0.4, -0.2) is 43.3 Å². The number of carbonyl (C=O) groups excluding carboxylic acids is 1. The first kappa shape index (κ1) is 17.7. The number of likely N-dealkylation sites (tertiary alicyclic amines) is 1. The fraction of sp³-hybridized carbons (Fsp3) is 0.333. The molecular formula is C21H22FN3O2. The average molecular weight is 367 g/mol. The average Bonchev–Trinajstić information content (AvgIpc) is 3.28. The van der Waals surface area contributed by atoms with E-state index in [0.29, 0.717) is 17.9 Å². The van der Waals surface area contributed by atoms with Crippen molar-refractivity contribution in [3.63, 3.8) is 0 Å². The Bertz CT molecular complexity index is 845. The van der Waals surface area contributed by atoms with E-state index in [9.17, 15) is 9.18 Å². The van der Waals surface area contributed by atoms with E-state index in [1.807, 2.05) is 24.3 Å². The molecule has 0 aliphatic carbocycles. The summed E-state index contributed by atoms with van der Waals surface area (Å²) in [4.78, 5) is 18.9. The number of fused-ring (bicyclic) bond motifs is 1. The summed E-state index contributed by atoms with van der Waals surface area (Å²) in [5.74, 6) is -0.327. The number of rotatable bonds is 6. The van der Waals surface area contributed by atoms with Crippen LogP contribution in [0, 0.1) is 5.82 Å². The molecule has 140 valence electrons. The van der Waals surface area contributed by atoms with Crippen LogP contribution in [0.25, 0.3) is 0 Å². The molecule has 1 unspecified atom stereocenters. The standard InChI is InChI=1S/C21H22FN3O2/c22-15-3-8-20-18(13-15)19(21(26)24-20)14-23-16-4-6-17(7-5-16)27-12-11-25-9-1-2-10-25/h3-8,13-14,19H,1-2,9-12H2,(H,24,26). The van der Waals surface area contributed by atoms with Crippen molar-refractivity contribution in [3.05, 3.63) is 53.8 Å². The molecule has 5 nitrogen and oxygen atoms in total. The minimum Gasteiger partial charge on any atom is -0.492 e. The zero-order valence-electron chi connectivity index (χ0n) is 15.0. The van der Waals surface area contributed by atoms with Crippen molar-refractivity contribution >= 4 is 23.5 Å². The van der Waals surface area contributed by atoms with Crippen molar-refractivity contribution in [2.45, 2.75) is 18.8 Å². The summed E-state index contributed by atoms with van der Waals surface area (Å²) < 4.78 is 19.2. The van der Waals surface area contributed by atoms with Gasteiger partial charge in [0.1, 0.15) is 24.1 Å². The molecule has 2 aliphatic rings. The number of hydrogen-bond acceptors (Lipinski definition) is 4. The van der Waals surface area contributed by atoms with Gasteiger partial charge in [0.25, 0.3) is 0 Å². The van der Waals surface area contributed by atoms with Crippen LogP contribution in [0.2, 0.25) is 0 Å². The second kappa shape index (κ2) is 7.88. The summed E-state index contributed by atoms with van der Waals surface area (Å²) in [5.41, 5.74) is 1.98. The number of nitrogens with zero attached hydrogens (tertiary/aromatic N) is 2. The third-order valence-electron chi connectivity index (χ3n) is 4.97. The van der Waals surface area contributed by atoms with Crippen molar-refractivity contribution in [2.75, 3.05) is 31.6 Å². The summed E-state index contributed by atoms with van der Waals surface area (Å²) in [6.45, 7) is 3.96. The highest BCUT2D eigenvalue weighted by Gasteiger charge is 2.29. The zero-order chi connectivity index (χ0) is 18.6. The van der Waals surface area contributed by atoms with Crippen LogP contribution < -0.4 is 10.1 Å². The Morgan fingerprint density at radius 1 is 1.19 bits per heavy atom. The second-order valence-electron chi connectivity index (χ2n) is 6.87. The van der Waals surface area contributed by atoms with Crippen LogP contribution in [0.1, 0.15) is 24.3 Å². The highest BCUT2D eigenvalue weighted by atomic mass is 19.1. The van der Waals surface area contributed by atoms with Gasteiger partial charge >= 0.3 is 0 Å². The van der Waals surface area contributed by atoms with Gasteiger partial charge in [0.15, 0.2) is 0 Å². The van der Waals surface area contributed by atoms with E-state index in [2.05, 4.69) is 15.2 Å². The third kappa shape index (κ3) is 4.17. The molecule has 4 rings (SSSR count). The van der Waals surface area contributed by atoms with Crippen molar-refractivity contribution in [1.82, 2.24) is 4.90 Å². The Morgan fingerprint density at radius 2 is 1.96 bits per heavy atom. The van der Waals surface area contributed by atoms with Gasteiger partial charge < -0.3 is 10.1 Å². The summed E-state index contributed by atoms with van der Waals surface area (Å²) in [7, 11) is 0. The predicted molar refractivity (Wildman–Crippen MR) is 104 cm³/mol. The highest BCUT2D eigenvalue weighted by Crippen LogP contribution is 2.32. The Hall–Kier alpha value is -2.73. The molecule has 1 N–H and O–H groups in total. The molecule has 2 aromatic rings. The topological polar surface area (TPSA) is 53.9 Å². The van der Waals surface area contributed by atoms with E-state index < -0.39 is 5.92 Å². The molecule has 2 aromatic carbocycles. The first-order valence-corrected chi connectivity index (χ1v) is 9.29. The maximum absolute atomic E-state index is 13.5. The molecule has 2 aliphatic heterocycles. The molecular weight excluding hydrogens is 345 g/mol. The fourth-order valence-electron chi connectivity index (χ4n) is 3.49. The van der Waals surface area contributed by atoms with Crippen LogP contribution in [0.3, 0.4) is 0 Å². The fourth-order valence-corrected chi connectivity index (χ4v) is 3.49. The van der Waals surface area contributed by atoms with Crippen LogP contribution in [0.5, 0.6) is 5.75 Å². The number of benzene rings is 2. The maximum Gasteiger partial charge on any atom is 0.237 e. The minimum absolute atomic E-state index is 0.193. The first-order valence-electron chi connectivity index (χ1n) is 9.29. The number of ether oxygens (including phenoxy) is 1. The van der Waals surface area contributed by atoms with E-state index in [-0.39, 0.29) is 11.7 Å². The van der Waals surface area contributed by atoms with Crippen molar-refractivity contribution < 1.29 is 13.9 Å². The lowest BCUT2D eigenvalue weighted by Crippen LogP contribution is -2.25. The number of anilines is 1. The minimum atomic E-state index is -0.577. The number of amides is 1. The van der Waals surface area contributed by atoms with Crippen LogP contribution in [0.4, 0.5) is 15.8 Å². The third-order valence-corrected chi connectivity index (χ3v) is 4.97. The number of carbonyl (C=O) groups is 1. The lowest BCUT2D eigenvalue weighted by molar-refractivity contribution is -0.115. The van der Waals surface area contributed by atoms with Crippen LogP contribution in [0.15, 0.2) is 47.5 Å². The van der Waals surface area contributed by atoms with Gasteiger partial charge in [-0.15, -0.1) is 0 Å². The molecule has 1 atom stereocenters. The van der Waals surface area contributed by atoms with E-state index >= 15 is 0 Å². The maximum atomic E-state index is 13.5. The summed E-state index contributed by atoms with van der Waals surface area (Å²) >= 11 is 0. The monoisotopic (exact) mass is 367 g/mol. The largest absolute Gasteiger partial charge is 0.492 e. The smallest absolute Gasteiger partial charge is 0.237 e. The molecule has 1 saturated heterocycles. The SMILES string of the molecule is O=C1Nc2ccc(F)cc2C1C=Nc1ccc(OCCN2CCCC2)cc1. The van der Waals surface area contributed by atoms with Crippen LogP contribution in [-0.2, 0) is 4.79 Å². The molecule has 1 amide bonds. The number of aliphatic imine (C=N–C) groups is 1. The van der Waals surface area contributed by atoms with Crippen LogP contribution >= 0.6 is 0 Å². The normalized spacial score (nSPS) is 19.4. The van der Waals surface area contributed by atoms with Gasteiger partial charge in [-0.2, -0.15) is 0 Å².